The van der Waals surface area contributed by atoms with E-state index in [4.69, 9.17) is 0 Å². The average Bonchev–Trinajstić information content (AvgIpc) is 2.82. The summed E-state index contributed by atoms with van der Waals surface area (Å²) in [5.74, 6) is 0.136. The molecular weight excluding hydrogens is 539 g/mol. The maximum absolute atomic E-state index is 13.4. The van der Waals surface area contributed by atoms with Crippen molar-refractivity contribution in [2.24, 2.45) is 0 Å². The van der Waals surface area contributed by atoms with E-state index in [1.165, 1.54) is 30.9 Å². The van der Waals surface area contributed by atoms with Crippen molar-refractivity contribution in [2.45, 2.75) is 25.8 Å². The molecule has 35 heavy (non-hydrogen) atoms. The molecule has 7 nitrogen and oxygen atoms in total. The first kappa shape index (κ1) is 24.6. The van der Waals surface area contributed by atoms with E-state index >= 15 is 0 Å². The van der Waals surface area contributed by atoms with Gasteiger partial charge in [-0.05, 0) is 47.1 Å². The average molecular weight is 555 g/mol. The van der Waals surface area contributed by atoms with Gasteiger partial charge >= 0.3 is 12.8 Å². The zero-order valence-electron chi connectivity index (χ0n) is 18.1. The van der Waals surface area contributed by atoms with Gasteiger partial charge in [-0.15, -0.1) is 0 Å². The molecule has 0 radical (unpaired) electrons. The maximum Gasteiger partial charge on any atom is 0.416 e. The van der Waals surface area contributed by atoms with Crippen LogP contribution >= 0.6 is 15.9 Å². The fraction of sp³-hybridized carbons (Fsp3) is 0.227. The lowest BCUT2D eigenvalue weighted by Gasteiger charge is -2.27. The van der Waals surface area contributed by atoms with Crippen LogP contribution in [0.15, 0.2) is 53.7 Å². The van der Waals surface area contributed by atoms with Crippen LogP contribution in [0.1, 0.15) is 24.2 Å². The van der Waals surface area contributed by atoms with Crippen molar-refractivity contribution >= 4 is 32.7 Å². The van der Waals surface area contributed by atoms with Crippen LogP contribution in [-0.2, 0) is 6.18 Å². The number of rotatable bonds is 6. The molecule has 13 heteroatoms. The second-order valence-electron chi connectivity index (χ2n) is 7.38. The van der Waals surface area contributed by atoms with Crippen molar-refractivity contribution in [3.05, 3.63) is 64.9 Å². The summed E-state index contributed by atoms with van der Waals surface area (Å²) >= 11 is 3.17. The molecule has 1 unspecified atom stereocenters. The number of pyridine rings is 1. The number of hydrogen-bond donors (Lipinski definition) is 0. The van der Waals surface area contributed by atoms with Crippen molar-refractivity contribution < 1.29 is 26.7 Å². The highest BCUT2D eigenvalue weighted by Crippen LogP contribution is 2.38. The van der Waals surface area contributed by atoms with Gasteiger partial charge < -0.3 is 9.64 Å². The number of halogens is 6. The zero-order valence-corrected chi connectivity index (χ0v) is 19.7. The second-order valence-corrected chi connectivity index (χ2v) is 8.24. The van der Waals surface area contributed by atoms with Crippen LogP contribution in [0, 0.1) is 0 Å². The molecule has 0 bridgehead atoms. The standard InChI is InChI=1S/C22H16BrF5N6O/c1-11(17-19(30-6-5-29-17)16-4-3-13(9-31-16)35-21(24)25)34(2)20-14-7-12(22(26,27)28)8-15(23)18(14)32-10-33-20/h3-11,21H,1-2H3. The second kappa shape index (κ2) is 9.64. The number of alkyl halides is 5. The van der Waals surface area contributed by atoms with E-state index in [0.29, 0.717) is 22.6 Å². The van der Waals surface area contributed by atoms with Gasteiger partial charge in [-0.25, -0.2) is 9.97 Å². The number of hydrogen-bond acceptors (Lipinski definition) is 7. The minimum Gasteiger partial charge on any atom is -0.433 e. The van der Waals surface area contributed by atoms with Crippen LogP contribution in [0.25, 0.3) is 22.3 Å². The lowest BCUT2D eigenvalue weighted by atomic mass is 10.1. The van der Waals surface area contributed by atoms with Gasteiger partial charge in [-0.3, -0.25) is 15.0 Å². The fourth-order valence-corrected chi connectivity index (χ4v) is 4.03. The van der Waals surface area contributed by atoms with E-state index in [1.54, 1.807) is 18.9 Å². The molecule has 0 saturated carbocycles. The highest BCUT2D eigenvalue weighted by molar-refractivity contribution is 9.10. The summed E-state index contributed by atoms with van der Waals surface area (Å²) in [5.41, 5.74) is 0.639. The monoisotopic (exact) mass is 554 g/mol. The van der Waals surface area contributed by atoms with Crippen LogP contribution in [-0.4, -0.2) is 38.6 Å². The summed E-state index contributed by atoms with van der Waals surface area (Å²) in [5, 5.41) is 0.195. The lowest BCUT2D eigenvalue weighted by Crippen LogP contribution is -2.25. The maximum atomic E-state index is 13.4. The van der Waals surface area contributed by atoms with Crippen LogP contribution < -0.4 is 9.64 Å². The summed E-state index contributed by atoms with van der Waals surface area (Å²) in [7, 11) is 1.66. The molecule has 0 N–H and O–H groups in total. The predicted molar refractivity (Wildman–Crippen MR) is 121 cm³/mol. The van der Waals surface area contributed by atoms with E-state index in [0.717, 1.165) is 18.3 Å². The molecule has 0 spiro atoms. The molecule has 0 aliphatic carbocycles. The minimum absolute atomic E-state index is 0.113. The first-order valence-corrected chi connectivity index (χ1v) is 10.8. The van der Waals surface area contributed by atoms with Crippen molar-refractivity contribution in [2.75, 3.05) is 11.9 Å². The Morgan fingerprint density at radius 2 is 1.74 bits per heavy atom. The number of fused-ring (bicyclic) bond motifs is 1. The zero-order chi connectivity index (χ0) is 25.3. The van der Waals surface area contributed by atoms with Crippen LogP contribution in [0.2, 0.25) is 0 Å². The third-order valence-electron chi connectivity index (χ3n) is 5.24. The van der Waals surface area contributed by atoms with Gasteiger partial charge in [0.25, 0.3) is 0 Å². The Bertz CT molecular complexity index is 1350. The molecule has 0 aliphatic heterocycles. The molecule has 0 saturated heterocycles. The number of aromatic nitrogens is 5. The Balaban J connectivity index is 1.75. The molecule has 1 aromatic carbocycles. The molecule has 0 aliphatic rings. The highest BCUT2D eigenvalue weighted by Gasteiger charge is 2.32. The van der Waals surface area contributed by atoms with Crippen molar-refractivity contribution in [1.29, 1.82) is 0 Å². The van der Waals surface area contributed by atoms with Crippen molar-refractivity contribution in [3.63, 3.8) is 0 Å². The minimum atomic E-state index is -4.56. The topological polar surface area (TPSA) is 76.9 Å². The number of anilines is 1. The lowest BCUT2D eigenvalue weighted by molar-refractivity contribution is -0.137. The normalized spacial score (nSPS) is 12.7. The van der Waals surface area contributed by atoms with E-state index in [2.05, 4.69) is 45.6 Å². The molecule has 1 atom stereocenters. The van der Waals surface area contributed by atoms with E-state index < -0.39 is 24.4 Å². The van der Waals surface area contributed by atoms with Gasteiger partial charge in [-0.1, -0.05) is 0 Å². The number of benzene rings is 1. The fourth-order valence-electron chi connectivity index (χ4n) is 3.47. The molecule has 182 valence electrons. The van der Waals surface area contributed by atoms with Gasteiger partial charge in [0, 0.05) is 29.3 Å². The van der Waals surface area contributed by atoms with Crippen molar-refractivity contribution in [3.8, 4) is 17.1 Å². The largest absolute Gasteiger partial charge is 0.433 e. The van der Waals surface area contributed by atoms with E-state index in [9.17, 15) is 22.0 Å². The third kappa shape index (κ3) is 5.14. The Morgan fingerprint density at radius 3 is 2.40 bits per heavy atom. The molecule has 3 heterocycles. The molecule has 0 amide bonds. The molecule has 0 fully saturated rings. The van der Waals surface area contributed by atoms with Gasteiger partial charge in [0.2, 0.25) is 0 Å². The van der Waals surface area contributed by atoms with E-state index in [1.807, 2.05) is 0 Å². The van der Waals surface area contributed by atoms with Crippen LogP contribution in [0.3, 0.4) is 0 Å². The van der Waals surface area contributed by atoms with Crippen molar-refractivity contribution in [1.82, 2.24) is 24.9 Å². The molecule has 4 rings (SSSR count). The third-order valence-corrected chi connectivity index (χ3v) is 5.84. The molecule has 4 aromatic rings. The first-order valence-electron chi connectivity index (χ1n) is 10.0. The summed E-state index contributed by atoms with van der Waals surface area (Å²) in [6.07, 6.45) is 0.762. The Labute approximate surface area is 204 Å². The quantitative estimate of drug-likeness (QED) is 0.268. The molecular formula is C22H16BrF5N6O. The highest BCUT2D eigenvalue weighted by atomic mass is 79.9. The van der Waals surface area contributed by atoms with Gasteiger partial charge in [0.15, 0.2) is 0 Å². The summed E-state index contributed by atoms with van der Waals surface area (Å²) in [6.45, 7) is -1.21. The van der Waals surface area contributed by atoms with Gasteiger partial charge in [0.1, 0.15) is 23.6 Å². The Kier molecular flexibility index (Phi) is 6.79. The van der Waals surface area contributed by atoms with Crippen LogP contribution in [0.4, 0.5) is 27.8 Å². The Hall–Kier alpha value is -3.48. The summed E-state index contributed by atoms with van der Waals surface area (Å²) in [6, 6.07) is 4.24. The van der Waals surface area contributed by atoms with E-state index in [-0.39, 0.29) is 21.4 Å². The predicted octanol–water partition coefficient (Wildman–Crippen LogP) is 6.06. The summed E-state index contributed by atoms with van der Waals surface area (Å²) < 4.78 is 69.7. The SMILES string of the molecule is CC(c1nccnc1-c1ccc(OC(F)F)cn1)N(C)c1ncnc2c(Br)cc(C(F)(F)F)cc12. The summed E-state index contributed by atoms with van der Waals surface area (Å²) in [4.78, 5) is 22.9. The first-order chi connectivity index (χ1) is 16.6. The van der Waals surface area contributed by atoms with Crippen LogP contribution in [0.5, 0.6) is 5.75 Å². The molecule has 3 aromatic heterocycles. The van der Waals surface area contributed by atoms with Gasteiger partial charge in [0.05, 0.1) is 34.7 Å². The van der Waals surface area contributed by atoms with Gasteiger partial charge in [-0.2, -0.15) is 22.0 Å². The smallest absolute Gasteiger partial charge is 0.416 e. The number of ether oxygens (including phenoxy) is 1. The Morgan fingerprint density at radius 1 is 1.00 bits per heavy atom. The number of nitrogens with zero attached hydrogens (tertiary/aromatic N) is 6.